The zero-order valence-corrected chi connectivity index (χ0v) is 20.4. The van der Waals surface area contributed by atoms with Gasteiger partial charge in [0.25, 0.3) is 0 Å². The minimum Gasteiger partial charge on any atom is -0.379 e. The van der Waals surface area contributed by atoms with E-state index in [0.29, 0.717) is 6.61 Å². The summed E-state index contributed by atoms with van der Waals surface area (Å²) in [6, 6.07) is 0. The van der Waals surface area contributed by atoms with Crippen molar-refractivity contribution in [1.29, 1.82) is 0 Å². The lowest BCUT2D eigenvalue weighted by Gasteiger charge is -2.12. The lowest BCUT2D eigenvalue weighted by Crippen LogP contribution is -2.23. The molecule has 0 radical (unpaired) electrons. The van der Waals surface area contributed by atoms with E-state index in [2.05, 4.69) is 11.4 Å². The largest absolute Gasteiger partial charge is 0.697 e. The van der Waals surface area contributed by atoms with Gasteiger partial charge in [-0.3, -0.25) is 0 Å². The Labute approximate surface area is 181 Å². The van der Waals surface area contributed by atoms with Gasteiger partial charge in [0, 0.05) is 18.3 Å². The smallest absolute Gasteiger partial charge is 0.379 e. The summed E-state index contributed by atoms with van der Waals surface area (Å²) < 4.78 is 31.5. The average Bonchev–Trinajstić information content (AvgIpc) is 2.74. The van der Waals surface area contributed by atoms with E-state index in [9.17, 15) is 4.57 Å². The van der Waals surface area contributed by atoms with Crippen molar-refractivity contribution in [3.05, 3.63) is 0 Å². The van der Waals surface area contributed by atoms with Gasteiger partial charge >= 0.3 is 8.25 Å². The van der Waals surface area contributed by atoms with E-state index in [1.807, 2.05) is 0 Å². The molecule has 0 rings (SSSR count). The van der Waals surface area contributed by atoms with Crippen molar-refractivity contribution in [2.45, 2.75) is 116 Å². The van der Waals surface area contributed by atoms with Crippen molar-refractivity contribution < 1.29 is 23.1 Å². The maximum atomic E-state index is 11.1. The van der Waals surface area contributed by atoms with Crippen LogP contribution in [-0.4, -0.2) is 40.1 Å². The highest BCUT2D eigenvalue weighted by Gasteiger charge is 2.21. The van der Waals surface area contributed by atoms with Gasteiger partial charge in [0.1, 0.15) is 12.7 Å². The molecule has 0 fully saturated rings. The van der Waals surface area contributed by atoms with E-state index in [1.165, 1.54) is 103 Å². The molecular formula is C23H48O5P+. The standard InChI is InChI=1S/C23H48O5P/c1-4-5-6-7-8-9-10-11-12-13-14-15-16-17-18-19-20-27-21-23(25-2)22-28-29(24)26-3/h23H,4-22H2,1-3H3/q+1. The summed E-state index contributed by atoms with van der Waals surface area (Å²) in [6.45, 7) is 3.71. The molecule has 0 saturated carbocycles. The van der Waals surface area contributed by atoms with E-state index >= 15 is 0 Å². The summed E-state index contributed by atoms with van der Waals surface area (Å²) in [7, 11) is 0.916. The van der Waals surface area contributed by atoms with E-state index in [0.717, 1.165) is 13.0 Å². The Morgan fingerprint density at radius 1 is 0.655 bits per heavy atom. The molecule has 29 heavy (non-hydrogen) atoms. The number of rotatable bonds is 24. The first-order valence-electron chi connectivity index (χ1n) is 12.0. The third-order valence-electron chi connectivity index (χ3n) is 5.29. The SMILES string of the molecule is CCCCCCCCCCCCCCCCCCOCC(CO[P+](=O)OC)OC. The van der Waals surface area contributed by atoms with Crippen LogP contribution in [0.2, 0.25) is 0 Å². The van der Waals surface area contributed by atoms with Gasteiger partial charge in [-0.2, -0.15) is 0 Å². The fourth-order valence-corrected chi connectivity index (χ4v) is 3.74. The van der Waals surface area contributed by atoms with Gasteiger partial charge in [-0.1, -0.05) is 103 Å². The fourth-order valence-electron chi connectivity index (χ4n) is 3.35. The number of methoxy groups -OCH3 is 1. The second kappa shape index (κ2) is 24.2. The minimum absolute atomic E-state index is 0.204. The van der Waals surface area contributed by atoms with Crippen LogP contribution in [0.5, 0.6) is 0 Å². The molecule has 2 unspecified atom stereocenters. The third kappa shape index (κ3) is 22.4. The van der Waals surface area contributed by atoms with Crippen LogP contribution < -0.4 is 0 Å². The van der Waals surface area contributed by atoms with E-state index in [4.69, 9.17) is 14.0 Å². The second-order valence-corrected chi connectivity index (χ2v) is 9.01. The summed E-state index contributed by atoms with van der Waals surface area (Å²) in [6.07, 6.45) is 21.7. The number of unbranched alkanes of at least 4 members (excludes halogenated alkanes) is 15. The molecule has 0 saturated heterocycles. The fraction of sp³-hybridized carbons (Fsp3) is 1.00. The first-order chi connectivity index (χ1) is 14.2. The third-order valence-corrected chi connectivity index (χ3v) is 5.95. The van der Waals surface area contributed by atoms with Gasteiger partial charge in [0.2, 0.25) is 0 Å². The summed E-state index contributed by atoms with van der Waals surface area (Å²) >= 11 is 0. The Hall–Kier alpha value is -0.0600. The first kappa shape index (κ1) is 28.9. The van der Waals surface area contributed by atoms with Crippen molar-refractivity contribution in [1.82, 2.24) is 0 Å². The number of ether oxygens (including phenoxy) is 2. The van der Waals surface area contributed by atoms with Crippen molar-refractivity contribution in [2.24, 2.45) is 0 Å². The lowest BCUT2D eigenvalue weighted by atomic mass is 10.0. The normalized spacial score (nSPS) is 13.0. The van der Waals surface area contributed by atoms with Crippen LogP contribution >= 0.6 is 8.25 Å². The highest BCUT2D eigenvalue weighted by Crippen LogP contribution is 2.22. The average molecular weight is 436 g/mol. The molecule has 0 aromatic rings. The molecule has 0 aromatic carbocycles. The molecule has 0 aliphatic heterocycles. The maximum Gasteiger partial charge on any atom is 0.697 e. The molecule has 0 aromatic heterocycles. The lowest BCUT2D eigenvalue weighted by molar-refractivity contribution is -0.0160. The molecule has 0 bridgehead atoms. The molecule has 0 N–H and O–H groups in total. The summed E-state index contributed by atoms with van der Waals surface area (Å²) in [5.41, 5.74) is 0. The second-order valence-electron chi connectivity index (χ2n) is 7.94. The molecule has 0 aliphatic rings. The van der Waals surface area contributed by atoms with Crippen molar-refractivity contribution in [3.8, 4) is 0 Å². The molecule has 174 valence electrons. The maximum absolute atomic E-state index is 11.1. The Kier molecular flexibility index (Phi) is 24.2. The van der Waals surface area contributed by atoms with Crippen LogP contribution in [-0.2, 0) is 23.1 Å². The van der Waals surface area contributed by atoms with Gasteiger partial charge in [0.05, 0.1) is 13.7 Å². The Balaban J connectivity index is 3.20. The number of hydrogen-bond acceptors (Lipinski definition) is 5. The van der Waals surface area contributed by atoms with Gasteiger partial charge < -0.3 is 9.47 Å². The topological polar surface area (TPSA) is 54.0 Å². The molecule has 5 nitrogen and oxygen atoms in total. The first-order valence-corrected chi connectivity index (χ1v) is 13.1. The number of hydrogen-bond donors (Lipinski definition) is 0. The quantitative estimate of drug-likeness (QED) is 0.115. The van der Waals surface area contributed by atoms with Crippen LogP contribution in [0.25, 0.3) is 0 Å². The highest BCUT2D eigenvalue weighted by molar-refractivity contribution is 7.33. The molecule has 2 atom stereocenters. The minimum atomic E-state index is -2.04. The Morgan fingerprint density at radius 3 is 1.52 bits per heavy atom. The van der Waals surface area contributed by atoms with Crippen LogP contribution in [0.1, 0.15) is 110 Å². The van der Waals surface area contributed by atoms with E-state index < -0.39 is 8.25 Å². The Bertz CT molecular complexity index is 341. The monoisotopic (exact) mass is 435 g/mol. The van der Waals surface area contributed by atoms with Crippen LogP contribution in [0.4, 0.5) is 0 Å². The molecule has 0 spiro atoms. The van der Waals surface area contributed by atoms with Gasteiger partial charge in [-0.15, -0.1) is 9.05 Å². The summed E-state index contributed by atoms with van der Waals surface area (Å²) in [5, 5.41) is 0. The van der Waals surface area contributed by atoms with E-state index in [-0.39, 0.29) is 12.7 Å². The molecule has 0 heterocycles. The Morgan fingerprint density at radius 2 is 1.10 bits per heavy atom. The molecular weight excluding hydrogens is 387 g/mol. The summed E-state index contributed by atoms with van der Waals surface area (Å²) in [4.78, 5) is 0. The molecule has 6 heteroatoms. The van der Waals surface area contributed by atoms with Crippen molar-refractivity contribution in [3.63, 3.8) is 0 Å². The van der Waals surface area contributed by atoms with Crippen LogP contribution in [0, 0.1) is 0 Å². The van der Waals surface area contributed by atoms with Crippen LogP contribution in [0.3, 0.4) is 0 Å². The van der Waals surface area contributed by atoms with Crippen LogP contribution in [0.15, 0.2) is 0 Å². The van der Waals surface area contributed by atoms with E-state index in [1.54, 1.807) is 7.11 Å². The molecule has 0 amide bonds. The van der Waals surface area contributed by atoms with Gasteiger partial charge in [-0.25, -0.2) is 0 Å². The van der Waals surface area contributed by atoms with Crippen molar-refractivity contribution in [2.75, 3.05) is 34.0 Å². The molecule has 0 aliphatic carbocycles. The van der Waals surface area contributed by atoms with Gasteiger partial charge in [-0.05, 0) is 6.42 Å². The highest BCUT2D eigenvalue weighted by atomic mass is 31.1. The predicted molar refractivity (Wildman–Crippen MR) is 122 cm³/mol. The summed E-state index contributed by atoms with van der Waals surface area (Å²) in [5.74, 6) is 0. The zero-order chi connectivity index (χ0) is 21.4. The predicted octanol–water partition coefficient (Wildman–Crippen LogP) is 7.60. The van der Waals surface area contributed by atoms with Crippen molar-refractivity contribution >= 4 is 8.25 Å². The van der Waals surface area contributed by atoms with Gasteiger partial charge in [0.15, 0.2) is 0 Å². The zero-order valence-electron chi connectivity index (χ0n) is 19.5.